The molecule has 0 unspecified atom stereocenters. The van der Waals surface area contributed by atoms with Crippen molar-refractivity contribution in [1.82, 2.24) is 5.32 Å². The van der Waals surface area contributed by atoms with E-state index in [1.165, 1.54) is 6.07 Å². The predicted molar refractivity (Wildman–Crippen MR) is 71.9 cm³/mol. The number of benzene rings is 1. The van der Waals surface area contributed by atoms with Gasteiger partial charge in [0, 0.05) is 24.8 Å². The van der Waals surface area contributed by atoms with Crippen LogP contribution in [0.2, 0.25) is 0 Å². The van der Waals surface area contributed by atoms with Crippen molar-refractivity contribution < 1.29 is 9.72 Å². The van der Waals surface area contributed by atoms with Crippen LogP contribution in [-0.2, 0) is 0 Å². The third-order valence-electron chi connectivity index (χ3n) is 1.90. The number of anilines is 1. The van der Waals surface area contributed by atoms with Crippen molar-refractivity contribution in [3.63, 3.8) is 0 Å². The zero-order valence-corrected chi connectivity index (χ0v) is 10.9. The summed E-state index contributed by atoms with van der Waals surface area (Å²) in [4.78, 5) is 20.5. The molecule has 0 fully saturated rings. The van der Waals surface area contributed by atoms with Gasteiger partial charge < -0.3 is 16.4 Å². The van der Waals surface area contributed by atoms with Gasteiger partial charge in [0.25, 0.3) is 5.69 Å². The largest absolute Gasteiger partial charge is 0.383 e. The SMILES string of the molecule is NC(=O)NCCNc1ccc([N+](=O)[O-])c(I)c1. The monoisotopic (exact) mass is 350 g/mol. The molecule has 0 saturated heterocycles. The number of nitro groups is 1. The van der Waals surface area contributed by atoms with Gasteiger partial charge in [0.05, 0.1) is 8.49 Å². The van der Waals surface area contributed by atoms with Crippen molar-refractivity contribution in [1.29, 1.82) is 0 Å². The number of nitro benzene ring substituents is 1. The van der Waals surface area contributed by atoms with Gasteiger partial charge in [-0.05, 0) is 34.7 Å². The van der Waals surface area contributed by atoms with Gasteiger partial charge in [-0.3, -0.25) is 10.1 Å². The Morgan fingerprint density at radius 2 is 2.18 bits per heavy atom. The van der Waals surface area contributed by atoms with E-state index in [1.807, 2.05) is 22.6 Å². The molecule has 0 atom stereocenters. The zero-order valence-electron chi connectivity index (χ0n) is 8.77. The number of halogens is 1. The summed E-state index contributed by atoms with van der Waals surface area (Å²) < 4.78 is 0.556. The number of primary amides is 1. The highest BCUT2D eigenvalue weighted by Gasteiger charge is 2.10. The first-order valence-electron chi connectivity index (χ1n) is 4.72. The molecule has 0 saturated carbocycles. The summed E-state index contributed by atoms with van der Waals surface area (Å²) in [5.74, 6) is 0. The fraction of sp³-hybridized carbons (Fsp3) is 0.222. The third kappa shape index (κ3) is 4.43. The molecule has 0 aliphatic heterocycles. The first-order valence-corrected chi connectivity index (χ1v) is 5.79. The second kappa shape index (κ2) is 6.23. The van der Waals surface area contributed by atoms with Gasteiger partial charge >= 0.3 is 6.03 Å². The Kier molecular flexibility index (Phi) is 4.94. The normalized spacial score (nSPS) is 9.71. The summed E-state index contributed by atoms with van der Waals surface area (Å²) in [6, 6.07) is 4.14. The Labute approximate surface area is 111 Å². The van der Waals surface area contributed by atoms with Crippen LogP contribution in [0.5, 0.6) is 0 Å². The fourth-order valence-corrected chi connectivity index (χ4v) is 1.87. The minimum absolute atomic E-state index is 0.0754. The van der Waals surface area contributed by atoms with Crippen LogP contribution < -0.4 is 16.4 Å². The molecule has 1 rings (SSSR count). The molecule has 0 aromatic heterocycles. The van der Waals surface area contributed by atoms with Crippen LogP contribution in [0.3, 0.4) is 0 Å². The molecule has 0 heterocycles. The average molecular weight is 350 g/mol. The van der Waals surface area contributed by atoms with Gasteiger partial charge in [-0.1, -0.05) is 0 Å². The number of urea groups is 1. The number of nitrogens with two attached hydrogens (primary N) is 1. The molecule has 4 N–H and O–H groups in total. The van der Waals surface area contributed by atoms with Crippen LogP contribution in [-0.4, -0.2) is 24.0 Å². The van der Waals surface area contributed by atoms with E-state index in [0.29, 0.717) is 16.7 Å². The summed E-state index contributed by atoms with van der Waals surface area (Å²) in [5, 5.41) is 16.0. The Bertz CT molecular complexity index is 438. The molecular weight excluding hydrogens is 339 g/mol. The van der Waals surface area contributed by atoms with E-state index < -0.39 is 11.0 Å². The smallest absolute Gasteiger partial charge is 0.312 e. The maximum atomic E-state index is 10.6. The summed E-state index contributed by atoms with van der Waals surface area (Å²) in [5.41, 5.74) is 5.73. The number of carbonyl (C=O) groups is 1. The second-order valence-electron chi connectivity index (χ2n) is 3.14. The van der Waals surface area contributed by atoms with Crippen molar-refractivity contribution in [2.75, 3.05) is 18.4 Å². The number of amides is 2. The Balaban J connectivity index is 2.53. The molecule has 7 nitrogen and oxygen atoms in total. The number of hydrogen-bond donors (Lipinski definition) is 3. The van der Waals surface area contributed by atoms with Gasteiger partial charge in [-0.25, -0.2) is 4.79 Å². The minimum atomic E-state index is -0.579. The lowest BCUT2D eigenvalue weighted by Crippen LogP contribution is -2.33. The number of hydrogen-bond acceptors (Lipinski definition) is 4. The predicted octanol–water partition coefficient (Wildman–Crippen LogP) is 1.28. The van der Waals surface area contributed by atoms with Crippen LogP contribution in [0, 0.1) is 13.7 Å². The molecule has 0 aliphatic carbocycles. The first kappa shape index (κ1) is 13.5. The highest BCUT2D eigenvalue weighted by molar-refractivity contribution is 14.1. The topological polar surface area (TPSA) is 110 Å². The van der Waals surface area contributed by atoms with Crippen molar-refractivity contribution in [3.8, 4) is 0 Å². The standard InChI is InChI=1S/C9H11IN4O3/c10-7-5-6(1-2-8(7)14(16)17)12-3-4-13-9(11)15/h1-2,5,12H,3-4H2,(H3,11,13,15). The summed E-state index contributed by atoms with van der Waals surface area (Å²) >= 11 is 1.90. The molecule has 92 valence electrons. The molecule has 1 aromatic carbocycles. The van der Waals surface area contributed by atoms with E-state index in [1.54, 1.807) is 12.1 Å². The maximum absolute atomic E-state index is 10.6. The van der Waals surface area contributed by atoms with Crippen LogP contribution in [0.15, 0.2) is 18.2 Å². The fourth-order valence-electron chi connectivity index (χ4n) is 1.16. The first-order chi connectivity index (χ1) is 8.00. The summed E-state index contributed by atoms with van der Waals surface area (Å²) in [6.07, 6.45) is 0. The molecule has 0 bridgehead atoms. The quantitative estimate of drug-likeness (QED) is 0.322. The lowest BCUT2D eigenvalue weighted by molar-refractivity contribution is -0.385. The molecule has 2 amide bonds. The molecule has 17 heavy (non-hydrogen) atoms. The van der Waals surface area contributed by atoms with Gasteiger partial charge in [0.15, 0.2) is 0 Å². The van der Waals surface area contributed by atoms with E-state index in [9.17, 15) is 14.9 Å². The molecule has 0 aliphatic rings. The van der Waals surface area contributed by atoms with E-state index >= 15 is 0 Å². The van der Waals surface area contributed by atoms with Crippen LogP contribution in [0.1, 0.15) is 0 Å². The van der Waals surface area contributed by atoms with Crippen LogP contribution in [0.25, 0.3) is 0 Å². The number of carbonyl (C=O) groups excluding carboxylic acids is 1. The van der Waals surface area contributed by atoms with Crippen molar-refractivity contribution in [3.05, 3.63) is 31.9 Å². The third-order valence-corrected chi connectivity index (χ3v) is 2.76. The Morgan fingerprint density at radius 1 is 1.47 bits per heavy atom. The van der Waals surface area contributed by atoms with Crippen LogP contribution in [0.4, 0.5) is 16.2 Å². The van der Waals surface area contributed by atoms with Gasteiger partial charge in [0.2, 0.25) is 0 Å². The van der Waals surface area contributed by atoms with Crippen molar-refractivity contribution in [2.24, 2.45) is 5.73 Å². The Hall–Kier alpha value is -1.58. The van der Waals surface area contributed by atoms with E-state index in [-0.39, 0.29) is 5.69 Å². The lowest BCUT2D eigenvalue weighted by atomic mass is 10.3. The summed E-state index contributed by atoms with van der Waals surface area (Å²) in [6.45, 7) is 0.889. The number of nitrogens with zero attached hydrogens (tertiary/aromatic N) is 1. The van der Waals surface area contributed by atoms with Crippen molar-refractivity contribution >= 4 is 40.0 Å². The molecule has 1 aromatic rings. The van der Waals surface area contributed by atoms with Gasteiger partial charge in [-0.2, -0.15) is 0 Å². The molecular formula is C9H11IN4O3. The van der Waals surface area contributed by atoms with Gasteiger partial charge in [0.1, 0.15) is 0 Å². The highest BCUT2D eigenvalue weighted by Crippen LogP contribution is 2.23. The maximum Gasteiger partial charge on any atom is 0.312 e. The highest BCUT2D eigenvalue weighted by atomic mass is 127. The molecule has 0 radical (unpaired) electrons. The Morgan fingerprint density at radius 3 is 2.71 bits per heavy atom. The minimum Gasteiger partial charge on any atom is -0.383 e. The molecule has 8 heteroatoms. The zero-order chi connectivity index (χ0) is 12.8. The summed E-state index contributed by atoms with van der Waals surface area (Å²) in [7, 11) is 0. The number of rotatable bonds is 5. The van der Waals surface area contributed by atoms with Gasteiger partial charge in [-0.15, -0.1) is 0 Å². The van der Waals surface area contributed by atoms with Crippen LogP contribution >= 0.6 is 22.6 Å². The van der Waals surface area contributed by atoms with E-state index in [4.69, 9.17) is 5.73 Å². The second-order valence-corrected chi connectivity index (χ2v) is 4.30. The van der Waals surface area contributed by atoms with Crippen molar-refractivity contribution in [2.45, 2.75) is 0 Å². The average Bonchev–Trinajstić information content (AvgIpc) is 2.23. The lowest BCUT2D eigenvalue weighted by Gasteiger charge is -2.07. The van der Waals surface area contributed by atoms with E-state index in [0.717, 1.165) is 5.69 Å². The van der Waals surface area contributed by atoms with E-state index in [2.05, 4.69) is 10.6 Å². The number of nitrogens with one attached hydrogen (secondary N) is 2. The molecule has 0 spiro atoms.